The molecule has 2 aromatic heterocycles. The maximum absolute atomic E-state index is 9.18. The zero-order valence-electron chi connectivity index (χ0n) is 17.6. The fourth-order valence-electron chi connectivity index (χ4n) is 3.03. The molecule has 3 aromatic rings. The van der Waals surface area contributed by atoms with Gasteiger partial charge in [-0.05, 0) is 61.7 Å². The molecular formula is C23H28N2O4. The van der Waals surface area contributed by atoms with E-state index in [0.717, 1.165) is 45.8 Å². The smallest absolute Gasteiger partial charge is 0.293 e. The van der Waals surface area contributed by atoms with Gasteiger partial charge in [0.25, 0.3) is 6.47 Å². The number of hydrogen-bond acceptors (Lipinski definition) is 6. The van der Waals surface area contributed by atoms with Crippen LogP contribution in [0.1, 0.15) is 43.0 Å². The molecule has 0 aliphatic carbocycles. The number of fused-ring (bicyclic) bond motifs is 1. The van der Waals surface area contributed by atoms with Crippen LogP contribution < -0.4 is 9.47 Å². The van der Waals surface area contributed by atoms with Crippen LogP contribution in [0.5, 0.6) is 11.5 Å². The van der Waals surface area contributed by atoms with Gasteiger partial charge in [-0.25, -0.2) is 0 Å². The van der Waals surface area contributed by atoms with Crippen LogP contribution in [-0.4, -0.2) is 37.3 Å². The van der Waals surface area contributed by atoms with Crippen molar-refractivity contribution in [3.8, 4) is 11.5 Å². The lowest BCUT2D eigenvalue weighted by molar-refractivity contribution is -0.128. The number of rotatable bonds is 7. The van der Waals surface area contributed by atoms with Gasteiger partial charge in [-0.2, -0.15) is 0 Å². The minimum Gasteiger partial charge on any atom is -0.497 e. The summed E-state index contributed by atoms with van der Waals surface area (Å²) in [5, 5.41) is 0. The van der Waals surface area contributed by atoms with E-state index in [2.05, 4.69) is 40.9 Å². The number of nitrogens with zero attached hydrogens (tertiary/aromatic N) is 2. The highest BCUT2D eigenvalue weighted by Gasteiger charge is 2.16. The summed E-state index contributed by atoms with van der Waals surface area (Å²) in [6.07, 6.45) is 2.81. The van der Waals surface area contributed by atoms with Crippen LogP contribution in [-0.2, 0) is 9.53 Å². The average Bonchev–Trinajstić information content (AvgIpc) is 2.74. The van der Waals surface area contributed by atoms with Crippen molar-refractivity contribution in [1.82, 2.24) is 9.97 Å². The molecule has 0 radical (unpaired) electrons. The minimum absolute atomic E-state index is 0.180. The molecule has 1 aromatic carbocycles. The van der Waals surface area contributed by atoms with E-state index in [0.29, 0.717) is 13.1 Å². The quantitative estimate of drug-likeness (QED) is 0.540. The summed E-state index contributed by atoms with van der Waals surface area (Å²) < 4.78 is 15.0. The second-order valence-corrected chi connectivity index (χ2v) is 6.45. The Morgan fingerprint density at radius 2 is 1.69 bits per heavy atom. The van der Waals surface area contributed by atoms with Crippen molar-refractivity contribution in [3.63, 3.8) is 0 Å². The fourth-order valence-corrected chi connectivity index (χ4v) is 3.03. The number of aromatic nitrogens is 2. The number of pyridine rings is 2. The predicted molar refractivity (Wildman–Crippen MR) is 114 cm³/mol. The Balaban J connectivity index is 0.000000537. The van der Waals surface area contributed by atoms with Gasteiger partial charge in [-0.3, -0.25) is 14.8 Å². The van der Waals surface area contributed by atoms with Gasteiger partial charge in [0.05, 0.1) is 31.9 Å². The van der Waals surface area contributed by atoms with E-state index in [1.165, 1.54) is 0 Å². The summed E-state index contributed by atoms with van der Waals surface area (Å²) in [6.45, 7) is 6.86. The van der Waals surface area contributed by atoms with Crippen LogP contribution >= 0.6 is 0 Å². The molecule has 0 spiro atoms. The van der Waals surface area contributed by atoms with Gasteiger partial charge >= 0.3 is 0 Å². The molecule has 0 amide bonds. The van der Waals surface area contributed by atoms with Crippen molar-refractivity contribution in [1.29, 1.82) is 0 Å². The van der Waals surface area contributed by atoms with Gasteiger partial charge in [0, 0.05) is 23.9 Å². The Morgan fingerprint density at radius 3 is 2.21 bits per heavy atom. The number of hydrogen-bond donors (Lipinski definition) is 0. The molecule has 6 nitrogen and oxygen atoms in total. The first-order valence-electron chi connectivity index (χ1n) is 9.57. The second-order valence-electron chi connectivity index (χ2n) is 6.45. The molecule has 0 N–H and O–H groups in total. The lowest BCUT2D eigenvalue weighted by atomic mass is 9.92. The van der Waals surface area contributed by atoms with Crippen LogP contribution in [0.4, 0.5) is 0 Å². The normalized spacial score (nSPS) is 11.2. The Hall–Kier alpha value is -3.15. The molecule has 0 saturated carbocycles. The van der Waals surface area contributed by atoms with Crippen molar-refractivity contribution in [3.05, 3.63) is 59.4 Å². The molecule has 6 heteroatoms. The first kappa shape index (κ1) is 22.1. The molecule has 0 bridgehead atoms. The first-order chi connectivity index (χ1) is 14.1. The minimum atomic E-state index is 0.180. The van der Waals surface area contributed by atoms with Gasteiger partial charge in [-0.1, -0.05) is 6.92 Å². The van der Waals surface area contributed by atoms with E-state index in [1.807, 2.05) is 25.3 Å². The van der Waals surface area contributed by atoms with Crippen molar-refractivity contribution in [2.75, 3.05) is 20.8 Å². The molecule has 3 rings (SSSR count). The standard InChI is InChI=1S/C20H22N2O2.C3H6O2/c1-5-17(14-9-15(23-3)11-16(10-14)24-4)18-6-7-19-20(22-18)8-13(2)12-21-19;1-2-5-3-4/h6-12,17H,5H2,1-4H3;3H,2H2,1H3. The fraction of sp³-hybridized carbons (Fsp3) is 0.348. The Kier molecular flexibility index (Phi) is 8.40. The summed E-state index contributed by atoms with van der Waals surface area (Å²) >= 11 is 0. The number of methoxy groups -OCH3 is 2. The lowest BCUT2D eigenvalue weighted by Gasteiger charge is -2.17. The van der Waals surface area contributed by atoms with Crippen LogP contribution in [0.3, 0.4) is 0 Å². The summed E-state index contributed by atoms with van der Waals surface area (Å²) in [7, 11) is 3.34. The third-order valence-electron chi connectivity index (χ3n) is 4.47. The highest BCUT2D eigenvalue weighted by Crippen LogP contribution is 2.33. The van der Waals surface area contributed by atoms with Gasteiger partial charge < -0.3 is 14.2 Å². The molecule has 1 unspecified atom stereocenters. The van der Waals surface area contributed by atoms with E-state index in [4.69, 9.17) is 14.5 Å². The van der Waals surface area contributed by atoms with Crippen LogP contribution in [0.2, 0.25) is 0 Å². The van der Waals surface area contributed by atoms with Crippen molar-refractivity contribution in [2.45, 2.75) is 33.1 Å². The topological polar surface area (TPSA) is 70.5 Å². The highest BCUT2D eigenvalue weighted by molar-refractivity contribution is 5.74. The van der Waals surface area contributed by atoms with E-state index >= 15 is 0 Å². The maximum Gasteiger partial charge on any atom is 0.293 e. The van der Waals surface area contributed by atoms with Gasteiger partial charge in [-0.15, -0.1) is 0 Å². The first-order valence-corrected chi connectivity index (χ1v) is 9.57. The van der Waals surface area contributed by atoms with Gasteiger partial charge in [0.1, 0.15) is 11.5 Å². The maximum atomic E-state index is 9.18. The summed E-state index contributed by atoms with van der Waals surface area (Å²) in [5.74, 6) is 1.76. The summed E-state index contributed by atoms with van der Waals surface area (Å²) in [4.78, 5) is 18.5. The molecule has 2 heterocycles. The van der Waals surface area contributed by atoms with Gasteiger partial charge in [0.2, 0.25) is 0 Å². The largest absolute Gasteiger partial charge is 0.497 e. The average molecular weight is 396 g/mol. The highest BCUT2D eigenvalue weighted by atomic mass is 16.5. The zero-order valence-corrected chi connectivity index (χ0v) is 17.6. The number of benzene rings is 1. The molecule has 154 valence electrons. The number of aryl methyl sites for hydroxylation is 1. The van der Waals surface area contributed by atoms with Crippen LogP contribution in [0, 0.1) is 6.92 Å². The third kappa shape index (κ3) is 5.91. The van der Waals surface area contributed by atoms with Crippen molar-refractivity contribution in [2.24, 2.45) is 0 Å². The number of carbonyl (C=O) groups is 1. The lowest BCUT2D eigenvalue weighted by Crippen LogP contribution is -2.04. The van der Waals surface area contributed by atoms with Gasteiger partial charge in [0.15, 0.2) is 0 Å². The van der Waals surface area contributed by atoms with Crippen LogP contribution in [0.25, 0.3) is 11.0 Å². The molecule has 0 saturated heterocycles. The van der Waals surface area contributed by atoms with E-state index in [1.54, 1.807) is 21.1 Å². The van der Waals surface area contributed by atoms with Crippen molar-refractivity contribution >= 4 is 17.5 Å². The SMILES string of the molecule is CCC(c1cc(OC)cc(OC)c1)c1ccc2ncc(C)cc2n1.CCOC=O. The monoisotopic (exact) mass is 396 g/mol. The number of ether oxygens (including phenoxy) is 3. The van der Waals surface area contributed by atoms with Crippen LogP contribution in [0.15, 0.2) is 42.6 Å². The predicted octanol–water partition coefficient (Wildman–Crippen LogP) is 4.68. The molecule has 29 heavy (non-hydrogen) atoms. The third-order valence-corrected chi connectivity index (χ3v) is 4.47. The summed E-state index contributed by atoms with van der Waals surface area (Å²) in [6, 6.07) is 12.2. The van der Waals surface area contributed by atoms with E-state index in [9.17, 15) is 4.79 Å². The molecule has 1 atom stereocenters. The summed E-state index contributed by atoms with van der Waals surface area (Å²) in [5.41, 5.74) is 5.14. The Bertz CT molecular complexity index is 921. The molecule has 0 aliphatic heterocycles. The Labute approximate surface area is 171 Å². The van der Waals surface area contributed by atoms with E-state index < -0.39 is 0 Å². The second kappa shape index (κ2) is 11.0. The Morgan fingerprint density at radius 1 is 1.00 bits per heavy atom. The molecule has 0 fully saturated rings. The molecule has 0 aliphatic rings. The van der Waals surface area contributed by atoms with Crippen molar-refractivity contribution < 1.29 is 19.0 Å². The molecular weight excluding hydrogens is 368 g/mol. The van der Waals surface area contributed by atoms with E-state index in [-0.39, 0.29) is 5.92 Å². The number of carbonyl (C=O) groups excluding carboxylic acids is 1. The zero-order chi connectivity index (χ0) is 21.2.